The van der Waals surface area contributed by atoms with E-state index in [0.29, 0.717) is 0 Å². The van der Waals surface area contributed by atoms with Crippen molar-refractivity contribution in [3.63, 3.8) is 0 Å². The van der Waals surface area contributed by atoms with E-state index >= 15 is 0 Å². The Balaban J connectivity index is 1.52. The van der Waals surface area contributed by atoms with Crippen molar-refractivity contribution in [2.24, 2.45) is 5.73 Å². The van der Waals surface area contributed by atoms with E-state index in [0.717, 1.165) is 78.6 Å². The molecule has 1 atom stereocenters. The van der Waals surface area contributed by atoms with Gasteiger partial charge in [-0.05, 0) is 19.5 Å². The maximum Gasteiger partial charge on any atom is 0.121 e. The van der Waals surface area contributed by atoms with Crippen LogP contribution in [0.2, 0.25) is 0 Å². The van der Waals surface area contributed by atoms with E-state index in [4.69, 9.17) is 15.2 Å². The molecule has 2 aliphatic heterocycles. The highest BCUT2D eigenvalue weighted by Crippen LogP contribution is 2.02. The van der Waals surface area contributed by atoms with E-state index in [2.05, 4.69) is 15.1 Å². The van der Waals surface area contributed by atoms with Crippen molar-refractivity contribution in [3.05, 3.63) is 0 Å². The van der Waals surface area contributed by atoms with Crippen LogP contribution in [0.5, 0.6) is 0 Å². The Hall–Kier alpha value is -0.240. The lowest BCUT2D eigenvalue weighted by molar-refractivity contribution is -0.0446. The van der Waals surface area contributed by atoms with E-state index < -0.39 is 0 Å². The summed E-state index contributed by atoms with van der Waals surface area (Å²) in [6.07, 6.45) is 1.33. The highest BCUT2D eigenvalue weighted by molar-refractivity contribution is 4.71. The van der Waals surface area contributed by atoms with Gasteiger partial charge in [0, 0.05) is 39.3 Å². The molecule has 0 aromatic heterocycles. The molecular weight excluding hydrogens is 244 g/mol. The number of nitrogens with one attached hydrogen (secondary N) is 1. The molecule has 2 fully saturated rings. The van der Waals surface area contributed by atoms with Crippen molar-refractivity contribution in [2.75, 3.05) is 72.2 Å². The molecule has 112 valence electrons. The van der Waals surface area contributed by atoms with E-state index in [9.17, 15) is 0 Å². The molecule has 0 aromatic carbocycles. The van der Waals surface area contributed by atoms with Crippen LogP contribution in [0.25, 0.3) is 0 Å². The number of ether oxygens (including phenoxy) is 2. The van der Waals surface area contributed by atoms with Gasteiger partial charge < -0.3 is 15.2 Å². The standard InChI is InChI=1S/C13H28N4O2/c14-2-5-17-8-11-19-13(12-17)15-3-1-4-16-6-9-18-10-7-16/h13,15H,1-12,14H2. The number of rotatable bonds is 7. The van der Waals surface area contributed by atoms with E-state index in [1.807, 2.05) is 0 Å². The average molecular weight is 272 g/mol. The van der Waals surface area contributed by atoms with Crippen LogP contribution >= 0.6 is 0 Å². The third-order valence-electron chi connectivity index (χ3n) is 3.72. The van der Waals surface area contributed by atoms with Gasteiger partial charge in [-0.15, -0.1) is 0 Å². The number of nitrogens with zero attached hydrogens (tertiary/aromatic N) is 2. The molecule has 0 spiro atoms. The van der Waals surface area contributed by atoms with Crippen LogP contribution in [0.4, 0.5) is 0 Å². The van der Waals surface area contributed by atoms with Gasteiger partial charge in [-0.2, -0.15) is 0 Å². The third kappa shape index (κ3) is 5.72. The van der Waals surface area contributed by atoms with Gasteiger partial charge in [0.25, 0.3) is 0 Å². The minimum Gasteiger partial charge on any atom is -0.379 e. The second-order valence-electron chi connectivity index (χ2n) is 5.21. The Morgan fingerprint density at radius 2 is 1.84 bits per heavy atom. The quantitative estimate of drug-likeness (QED) is 0.575. The maximum atomic E-state index is 5.72. The lowest BCUT2D eigenvalue weighted by Crippen LogP contribution is -2.50. The molecule has 2 heterocycles. The largest absolute Gasteiger partial charge is 0.379 e. The molecule has 2 rings (SSSR count). The molecule has 0 amide bonds. The van der Waals surface area contributed by atoms with Gasteiger partial charge in [-0.3, -0.25) is 15.1 Å². The van der Waals surface area contributed by atoms with Crippen molar-refractivity contribution in [1.29, 1.82) is 0 Å². The summed E-state index contributed by atoms with van der Waals surface area (Å²) >= 11 is 0. The molecule has 1 unspecified atom stereocenters. The molecule has 6 heteroatoms. The summed E-state index contributed by atoms with van der Waals surface area (Å²) in [5.41, 5.74) is 5.59. The summed E-state index contributed by atoms with van der Waals surface area (Å²) in [5, 5.41) is 3.49. The van der Waals surface area contributed by atoms with Crippen molar-refractivity contribution in [3.8, 4) is 0 Å². The van der Waals surface area contributed by atoms with Gasteiger partial charge in [-0.1, -0.05) is 0 Å². The predicted octanol–water partition coefficient (Wildman–Crippen LogP) is -1.08. The second kappa shape index (κ2) is 8.84. The zero-order chi connectivity index (χ0) is 13.3. The molecule has 0 saturated carbocycles. The summed E-state index contributed by atoms with van der Waals surface area (Å²) in [7, 11) is 0. The molecular formula is C13H28N4O2. The molecule has 0 aromatic rings. The van der Waals surface area contributed by atoms with Gasteiger partial charge >= 0.3 is 0 Å². The molecule has 0 bridgehead atoms. The highest BCUT2D eigenvalue weighted by Gasteiger charge is 2.19. The SMILES string of the molecule is NCCN1CCOC(NCCCN2CCOCC2)C1. The molecule has 6 nitrogen and oxygen atoms in total. The first kappa shape index (κ1) is 15.2. The van der Waals surface area contributed by atoms with Gasteiger partial charge in [0.2, 0.25) is 0 Å². The van der Waals surface area contributed by atoms with Crippen molar-refractivity contribution >= 4 is 0 Å². The predicted molar refractivity (Wildman–Crippen MR) is 75.1 cm³/mol. The smallest absolute Gasteiger partial charge is 0.121 e. The first-order chi connectivity index (χ1) is 9.38. The minimum atomic E-state index is 0.171. The summed E-state index contributed by atoms with van der Waals surface area (Å²) < 4.78 is 11.1. The van der Waals surface area contributed by atoms with Gasteiger partial charge in [0.05, 0.1) is 19.8 Å². The highest BCUT2D eigenvalue weighted by atomic mass is 16.5. The van der Waals surface area contributed by atoms with Crippen LogP contribution in [-0.4, -0.2) is 88.2 Å². The van der Waals surface area contributed by atoms with Gasteiger partial charge in [0.1, 0.15) is 6.23 Å². The Bertz CT molecular complexity index is 235. The van der Waals surface area contributed by atoms with Gasteiger partial charge in [-0.25, -0.2) is 0 Å². The first-order valence-electron chi connectivity index (χ1n) is 7.46. The number of nitrogens with two attached hydrogens (primary N) is 1. The fraction of sp³-hybridized carbons (Fsp3) is 1.00. The lowest BCUT2D eigenvalue weighted by atomic mass is 10.3. The number of morpholine rings is 2. The van der Waals surface area contributed by atoms with Crippen LogP contribution in [0.3, 0.4) is 0 Å². The first-order valence-corrected chi connectivity index (χ1v) is 7.46. The number of hydrogen-bond donors (Lipinski definition) is 2. The van der Waals surface area contributed by atoms with Gasteiger partial charge in [0.15, 0.2) is 0 Å². The molecule has 2 aliphatic rings. The zero-order valence-electron chi connectivity index (χ0n) is 11.9. The molecule has 19 heavy (non-hydrogen) atoms. The Labute approximate surface area is 116 Å². The molecule has 2 saturated heterocycles. The van der Waals surface area contributed by atoms with Crippen LogP contribution in [0.1, 0.15) is 6.42 Å². The maximum absolute atomic E-state index is 5.72. The monoisotopic (exact) mass is 272 g/mol. The Kier molecular flexibility index (Phi) is 7.05. The molecule has 3 N–H and O–H groups in total. The Morgan fingerprint density at radius 3 is 2.63 bits per heavy atom. The second-order valence-corrected chi connectivity index (χ2v) is 5.21. The fourth-order valence-electron chi connectivity index (χ4n) is 2.60. The normalized spacial score (nSPS) is 26.7. The summed E-state index contributed by atoms with van der Waals surface area (Å²) in [6.45, 7) is 10.5. The average Bonchev–Trinajstić information content (AvgIpc) is 2.46. The summed E-state index contributed by atoms with van der Waals surface area (Å²) in [6, 6.07) is 0. The molecule has 0 radical (unpaired) electrons. The van der Waals surface area contributed by atoms with Crippen LogP contribution < -0.4 is 11.1 Å². The van der Waals surface area contributed by atoms with E-state index in [1.165, 1.54) is 0 Å². The molecule has 0 aliphatic carbocycles. The van der Waals surface area contributed by atoms with Crippen LogP contribution in [-0.2, 0) is 9.47 Å². The summed E-state index contributed by atoms with van der Waals surface area (Å²) in [4.78, 5) is 4.83. The fourth-order valence-corrected chi connectivity index (χ4v) is 2.60. The third-order valence-corrected chi connectivity index (χ3v) is 3.72. The van der Waals surface area contributed by atoms with Crippen molar-refractivity contribution < 1.29 is 9.47 Å². The van der Waals surface area contributed by atoms with Crippen LogP contribution in [0.15, 0.2) is 0 Å². The topological polar surface area (TPSA) is 63.0 Å². The van der Waals surface area contributed by atoms with Crippen molar-refractivity contribution in [1.82, 2.24) is 15.1 Å². The lowest BCUT2D eigenvalue weighted by Gasteiger charge is -2.33. The van der Waals surface area contributed by atoms with E-state index in [-0.39, 0.29) is 6.23 Å². The van der Waals surface area contributed by atoms with E-state index in [1.54, 1.807) is 0 Å². The van der Waals surface area contributed by atoms with Crippen molar-refractivity contribution in [2.45, 2.75) is 12.6 Å². The minimum absolute atomic E-state index is 0.171. The van der Waals surface area contributed by atoms with Crippen LogP contribution in [0, 0.1) is 0 Å². The Morgan fingerprint density at radius 1 is 1.05 bits per heavy atom. The number of hydrogen-bond acceptors (Lipinski definition) is 6. The summed E-state index contributed by atoms with van der Waals surface area (Å²) in [5.74, 6) is 0. The zero-order valence-corrected chi connectivity index (χ0v) is 11.9.